The number of benzene rings is 1. The summed E-state index contributed by atoms with van der Waals surface area (Å²) in [4.78, 5) is 11.5. The van der Waals surface area contributed by atoms with Crippen molar-refractivity contribution in [3.63, 3.8) is 0 Å². The number of methoxy groups -OCH3 is 1. The molecule has 1 N–H and O–H groups in total. The largest absolute Gasteiger partial charge is 2.00 e. The molecule has 0 saturated heterocycles. The minimum absolute atomic E-state index is 0. The minimum atomic E-state index is -0.328. The van der Waals surface area contributed by atoms with Crippen LogP contribution in [0.1, 0.15) is 12.0 Å². The van der Waals surface area contributed by atoms with Gasteiger partial charge in [0.2, 0.25) is 0 Å². The van der Waals surface area contributed by atoms with Gasteiger partial charge in [-0.3, -0.25) is 10.4 Å². The summed E-state index contributed by atoms with van der Waals surface area (Å²) in [6.07, 6.45) is 4.09. The molecule has 0 bridgehead atoms. The Hall–Kier alpha value is -0.922. The zero-order chi connectivity index (χ0) is 12.1. The van der Waals surface area contributed by atoms with Gasteiger partial charge in [0.05, 0.1) is 7.11 Å². The van der Waals surface area contributed by atoms with E-state index in [1.165, 1.54) is 7.11 Å². The number of nitrogens with one attached hydrogen (secondary N) is 1. The van der Waals surface area contributed by atoms with Crippen LogP contribution in [0.3, 0.4) is 0 Å². The van der Waals surface area contributed by atoms with E-state index in [-0.39, 0.29) is 33.0 Å². The topological polar surface area (TPSA) is 38.3 Å². The van der Waals surface area contributed by atoms with Crippen molar-refractivity contribution >= 4 is 11.5 Å². The molecule has 18 heavy (non-hydrogen) atoms. The molecule has 1 aliphatic heterocycles. The van der Waals surface area contributed by atoms with Crippen molar-refractivity contribution in [3.05, 3.63) is 42.0 Å². The van der Waals surface area contributed by atoms with Crippen molar-refractivity contribution in [2.75, 3.05) is 20.2 Å². The van der Waals surface area contributed by atoms with E-state index >= 15 is 0 Å². The summed E-state index contributed by atoms with van der Waals surface area (Å²) in [7, 11) is 1.41. The first-order valence-corrected chi connectivity index (χ1v) is 5.69. The third kappa shape index (κ3) is 3.79. The van der Waals surface area contributed by atoms with Gasteiger partial charge in [0.1, 0.15) is 0 Å². The molecule has 94 valence electrons. The molecule has 1 atom stereocenters. The van der Waals surface area contributed by atoms with E-state index in [1.54, 1.807) is 0 Å². The first-order chi connectivity index (χ1) is 8.31. The van der Waals surface area contributed by atoms with E-state index in [4.69, 9.17) is 4.74 Å². The summed E-state index contributed by atoms with van der Waals surface area (Å²) in [6, 6.07) is 10.9. The average Bonchev–Trinajstić information content (AvgIpc) is 2.64. The molecule has 1 heterocycles. The molecule has 1 unspecified atom stereocenters. The second-order valence-electron chi connectivity index (χ2n) is 3.93. The molecule has 0 fully saturated rings. The summed E-state index contributed by atoms with van der Waals surface area (Å²) in [5.74, 6) is -0.570. The van der Waals surface area contributed by atoms with Crippen LogP contribution in [-0.2, 0) is 30.6 Å². The molecular formula is C14H15NO2W. The Morgan fingerprint density at radius 3 is 3.00 bits per heavy atom. The van der Waals surface area contributed by atoms with Gasteiger partial charge in [0, 0.05) is 5.92 Å². The number of ether oxygens (including phenoxy) is 1. The Bertz CT molecular complexity index is 417. The summed E-state index contributed by atoms with van der Waals surface area (Å²) < 4.78 is 4.76. The van der Waals surface area contributed by atoms with Gasteiger partial charge in [0.25, 0.3) is 5.97 Å². The summed E-state index contributed by atoms with van der Waals surface area (Å²) >= 11 is 0. The Kier molecular flexibility index (Phi) is 6.31. The smallest absolute Gasteiger partial charge is 0.470 e. The summed E-state index contributed by atoms with van der Waals surface area (Å²) in [5.41, 5.74) is 2.04. The molecule has 1 aliphatic rings. The van der Waals surface area contributed by atoms with Gasteiger partial charge in [0.15, 0.2) is 0 Å². The number of rotatable bonds is 2. The molecule has 0 aromatic heterocycles. The Morgan fingerprint density at radius 1 is 1.50 bits per heavy atom. The molecule has 2 rings (SSSR count). The van der Waals surface area contributed by atoms with Gasteiger partial charge < -0.3 is 21.7 Å². The van der Waals surface area contributed by atoms with E-state index in [9.17, 15) is 4.79 Å². The molecule has 0 saturated carbocycles. The quantitative estimate of drug-likeness (QED) is 0.590. The van der Waals surface area contributed by atoms with Crippen LogP contribution >= 0.6 is 0 Å². The fraction of sp³-hybridized carbons (Fsp3) is 0.357. The third-order valence-electron chi connectivity index (χ3n) is 2.77. The number of carbonyl (C=O) groups is 1. The maximum absolute atomic E-state index is 11.5. The SMILES string of the molecule is COC(=O)C1[C-]=C(c2[c-]cccc2)CCNC1.[W+2]. The van der Waals surface area contributed by atoms with Crippen LogP contribution in [0.2, 0.25) is 0 Å². The predicted molar refractivity (Wildman–Crippen MR) is 64.9 cm³/mol. The molecule has 1 aromatic rings. The Morgan fingerprint density at radius 2 is 2.33 bits per heavy atom. The van der Waals surface area contributed by atoms with E-state index < -0.39 is 0 Å². The van der Waals surface area contributed by atoms with Crippen molar-refractivity contribution in [1.29, 1.82) is 0 Å². The predicted octanol–water partition coefficient (Wildman–Crippen LogP) is 1.45. The van der Waals surface area contributed by atoms with Gasteiger partial charge in [-0.1, -0.05) is 6.42 Å². The van der Waals surface area contributed by atoms with Crippen LogP contribution in [-0.4, -0.2) is 26.2 Å². The molecule has 3 nitrogen and oxygen atoms in total. The van der Waals surface area contributed by atoms with Gasteiger partial charge in [-0.05, 0) is 13.1 Å². The number of carbonyl (C=O) groups excluding carboxylic acids is 1. The van der Waals surface area contributed by atoms with Crippen LogP contribution in [0.4, 0.5) is 0 Å². The van der Waals surface area contributed by atoms with Crippen LogP contribution in [0, 0.1) is 18.1 Å². The molecule has 0 aliphatic carbocycles. The zero-order valence-electron chi connectivity index (χ0n) is 10.2. The third-order valence-corrected chi connectivity index (χ3v) is 2.77. The van der Waals surface area contributed by atoms with Crippen molar-refractivity contribution in [1.82, 2.24) is 5.32 Å². The van der Waals surface area contributed by atoms with Gasteiger partial charge in [-0.25, -0.2) is 12.1 Å². The van der Waals surface area contributed by atoms with Crippen LogP contribution in [0.15, 0.2) is 24.3 Å². The summed E-state index contributed by atoms with van der Waals surface area (Å²) in [5, 5.41) is 3.21. The first-order valence-electron chi connectivity index (χ1n) is 5.69. The second kappa shape index (κ2) is 7.50. The fourth-order valence-electron chi connectivity index (χ4n) is 1.87. The van der Waals surface area contributed by atoms with Gasteiger partial charge >= 0.3 is 21.1 Å². The zero-order valence-corrected chi connectivity index (χ0v) is 13.2. The fourth-order valence-corrected chi connectivity index (χ4v) is 1.87. The van der Waals surface area contributed by atoms with Crippen LogP contribution in [0.5, 0.6) is 0 Å². The van der Waals surface area contributed by atoms with E-state index in [2.05, 4.69) is 17.5 Å². The van der Waals surface area contributed by atoms with E-state index in [0.29, 0.717) is 6.54 Å². The molecule has 0 radical (unpaired) electrons. The Balaban J connectivity index is 0.00000162. The number of hydrogen-bond acceptors (Lipinski definition) is 3. The van der Waals surface area contributed by atoms with Gasteiger partial charge in [-0.2, -0.15) is 12.1 Å². The standard InChI is InChI=1S/C14H15NO2.W/c1-17-14(16)13-9-12(7-8-15-10-13)11-5-3-2-4-6-11;/h2-5,13,15H,7-8,10H2,1H3;/q-2;+2. The molecule has 1 aromatic carbocycles. The normalized spacial score (nSPS) is 19.2. The minimum Gasteiger partial charge on any atom is -0.470 e. The van der Waals surface area contributed by atoms with E-state index in [0.717, 1.165) is 24.1 Å². The van der Waals surface area contributed by atoms with Crippen LogP contribution in [0.25, 0.3) is 5.57 Å². The number of esters is 1. The molecule has 0 amide bonds. The second-order valence-corrected chi connectivity index (χ2v) is 3.93. The van der Waals surface area contributed by atoms with Crippen molar-refractivity contribution in [3.8, 4) is 0 Å². The molecule has 4 heteroatoms. The number of hydrogen-bond donors (Lipinski definition) is 1. The summed E-state index contributed by atoms with van der Waals surface area (Å²) in [6.45, 7) is 1.43. The molecular weight excluding hydrogens is 398 g/mol. The molecule has 0 spiro atoms. The van der Waals surface area contributed by atoms with Gasteiger partial charge in [-0.15, -0.1) is 6.07 Å². The maximum Gasteiger partial charge on any atom is 2.00 e. The monoisotopic (exact) mass is 413 g/mol. The van der Waals surface area contributed by atoms with Crippen LogP contribution < -0.4 is 5.32 Å². The van der Waals surface area contributed by atoms with E-state index in [1.807, 2.05) is 24.3 Å². The Labute approximate surface area is 122 Å². The first kappa shape index (κ1) is 15.1. The maximum atomic E-state index is 11.5. The van der Waals surface area contributed by atoms with Crippen molar-refractivity contribution < 1.29 is 30.6 Å². The van der Waals surface area contributed by atoms with Crippen molar-refractivity contribution in [2.45, 2.75) is 6.42 Å². The van der Waals surface area contributed by atoms with Crippen molar-refractivity contribution in [2.24, 2.45) is 5.92 Å². The average molecular weight is 413 g/mol.